The van der Waals surface area contributed by atoms with Gasteiger partial charge in [-0.25, -0.2) is 0 Å². The van der Waals surface area contributed by atoms with Gasteiger partial charge in [-0.05, 0) is 6.42 Å². The molecule has 4 heteroatoms. The van der Waals surface area contributed by atoms with E-state index in [1.54, 1.807) is 7.11 Å². The van der Waals surface area contributed by atoms with Crippen LogP contribution in [0.4, 0.5) is 0 Å². The molecule has 0 aliphatic carbocycles. The lowest BCUT2D eigenvalue weighted by Gasteiger charge is -2.24. The molecule has 0 aromatic carbocycles. The molecule has 1 fully saturated rings. The molecule has 0 amide bonds. The van der Waals surface area contributed by atoms with Crippen molar-refractivity contribution in [2.45, 2.75) is 18.6 Å². The maximum atomic E-state index is 8.83. The van der Waals surface area contributed by atoms with Crippen molar-refractivity contribution in [2.75, 3.05) is 33.4 Å². The van der Waals surface area contributed by atoms with Crippen LogP contribution in [0, 0.1) is 0 Å². The van der Waals surface area contributed by atoms with E-state index in [0.717, 1.165) is 13.0 Å². The summed E-state index contributed by atoms with van der Waals surface area (Å²) in [5, 5.41) is 12.0. The van der Waals surface area contributed by atoms with Gasteiger partial charge in [0.15, 0.2) is 0 Å². The minimum atomic E-state index is -0.0530. The van der Waals surface area contributed by atoms with Gasteiger partial charge in [-0.1, -0.05) is 0 Å². The minimum absolute atomic E-state index is 0.0530. The van der Waals surface area contributed by atoms with Crippen LogP contribution in [0.2, 0.25) is 0 Å². The Bertz CT molecular complexity index is 98.9. The molecule has 2 N–H and O–H groups in total. The Balaban J connectivity index is 2.24. The maximum Gasteiger partial charge on any atom is 0.0929 e. The Labute approximate surface area is 72.9 Å². The number of hydrogen-bond acceptors (Lipinski definition) is 4. The normalized spacial score (nSPS) is 32.5. The lowest BCUT2D eigenvalue weighted by molar-refractivity contribution is -0.0231. The molecule has 0 aromatic rings. The third-order valence-corrected chi connectivity index (χ3v) is 2.07. The van der Waals surface area contributed by atoms with Crippen molar-refractivity contribution in [3.8, 4) is 0 Å². The molecule has 4 nitrogen and oxygen atoms in total. The van der Waals surface area contributed by atoms with Crippen molar-refractivity contribution < 1.29 is 14.6 Å². The Morgan fingerprint density at radius 3 is 3.08 bits per heavy atom. The first-order valence-electron chi connectivity index (χ1n) is 4.32. The van der Waals surface area contributed by atoms with E-state index in [-0.39, 0.29) is 18.8 Å². The van der Waals surface area contributed by atoms with Gasteiger partial charge in [0.25, 0.3) is 0 Å². The number of aliphatic hydroxyl groups is 1. The van der Waals surface area contributed by atoms with Crippen LogP contribution < -0.4 is 5.32 Å². The summed E-state index contributed by atoms with van der Waals surface area (Å²) < 4.78 is 10.6. The van der Waals surface area contributed by atoms with Crippen molar-refractivity contribution in [3.63, 3.8) is 0 Å². The van der Waals surface area contributed by atoms with Crippen LogP contribution in [0.1, 0.15) is 6.42 Å². The van der Waals surface area contributed by atoms with Gasteiger partial charge in [0, 0.05) is 26.8 Å². The first-order chi connectivity index (χ1) is 5.86. The van der Waals surface area contributed by atoms with Gasteiger partial charge in [0.05, 0.1) is 18.8 Å². The molecule has 0 bridgehead atoms. The summed E-state index contributed by atoms with van der Waals surface area (Å²) in [6.45, 7) is 2.31. The molecule has 0 saturated carbocycles. The largest absolute Gasteiger partial charge is 0.394 e. The topological polar surface area (TPSA) is 50.7 Å². The molecule has 1 saturated heterocycles. The van der Waals surface area contributed by atoms with E-state index in [0.29, 0.717) is 13.2 Å². The first-order valence-corrected chi connectivity index (χ1v) is 4.32. The summed E-state index contributed by atoms with van der Waals surface area (Å²) >= 11 is 0. The van der Waals surface area contributed by atoms with Crippen LogP contribution in [0.15, 0.2) is 0 Å². The second kappa shape index (κ2) is 5.48. The predicted molar refractivity (Wildman–Crippen MR) is 45.1 cm³/mol. The van der Waals surface area contributed by atoms with Crippen molar-refractivity contribution >= 4 is 0 Å². The van der Waals surface area contributed by atoms with E-state index in [1.165, 1.54) is 0 Å². The van der Waals surface area contributed by atoms with Gasteiger partial charge >= 0.3 is 0 Å². The zero-order valence-electron chi connectivity index (χ0n) is 7.45. The van der Waals surface area contributed by atoms with Crippen LogP contribution in [0.5, 0.6) is 0 Å². The molecule has 0 spiro atoms. The summed E-state index contributed by atoms with van der Waals surface area (Å²) in [6, 6.07) is 0. The lowest BCUT2D eigenvalue weighted by Crippen LogP contribution is -2.40. The zero-order chi connectivity index (χ0) is 8.81. The standard InChI is InChI=1S/C8H17NO3/c1-11-7-2-3-12-8(6-10)5-9-4-7/h7-10H,2-6H2,1H3/t7-,8+/m1/s1. The maximum absolute atomic E-state index is 8.83. The van der Waals surface area contributed by atoms with E-state index in [2.05, 4.69) is 5.32 Å². The van der Waals surface area contributed by atoms with Gasteiger partial charge in [-0.3, -0.25) is 0 Å². The summed E-state index contributed by atoms with van der Waals surface area (Å²) in [4.78, 5) is 0. The summed E-state index contributed by atoms with van der Waals surface area (Å²) in [7, 11) is 1.71. The molecule has 1 heterocycles. The van der Waals surface area contributed by atoms with Crippen LogP contribution in [0.25, 0.3) is 0 Å². The van der Waals surface area contributed by atoms with Crippen LogP contribution in [0.3, 0.4) is 0 Å². The molecular formula is C8H17NO3. The molecule has 0 unspecified atom stereocenters. The lowest BCUT2D eigenvalue weighted by atomic mass is 10.2. The number of nitrogens with one attached hydrogen (secondary N) is 1. The highest BCUT2D eigenvalue weighted by Gasteiger charge is 2.14. The van der Waals surface area contributed by atoms with Gasteiger partial charge in [0.1, 0.15) is 0 Å². The smallest absolute Gasteiger partial charge is 0.0929 e. The average Bonchev–Trinajstić information content (AvgIpc) is 2.05. The molecule has 12 heavy (non-hydrogen) atoms. The second-order valence-corrected chi connectivity index (χ2v) is 2.98. The van der Waals surface area contributed by atoms with Gasteiger partial charge in [-0.15, -0.1) is 0 Å². The van der Waals surface area contributed by atoms with Crippen molar-refractivity contribution in [1.29, 1.82) is 0 Å². The molecule has 1 aliphatic heterocycles. The second-order valence-electron chi connectivity index (χ2n) is 2.98. The van der Waals surface area contributed by atoms with E-state index >= 15 is 0 Å². The quantitative estimate of drug-likeness (QED) is 0.587. The van der Waals surface area contributed by atoms with E-state index in [4.69, 9.17) is 14.6 Å². The highest BCUT2D eigenvalue weighted by molar-refractivity contribution is 4.69. The van der Waals surface area contributed by atoms with Gasteiger partial charge in [-0.2, -0.15) is 0 Å². The summed E-state index contributed by atoms with van der Waals surface area (Å²) in [6.07, 6.45) is 1.08. The molecule has 72 valence electrons. The molecular weight excluding hydrogens is 158 g/mol. The molecule has 0 radical (unpaired) electrons. The zero-order valence-corrected chi connectivity index (χ0v) is 7.45. The Kier molecular flexibility index (Phi) is 4.53. The highest BCUT2D eigenvalue weighted by atomic mass is 16.5. The van der Waals surface area contributed by atoms with Gasteiger partial charge < -0.3 is 19.9 Å². The molecule has 1 aliphatic rings. The third-order valence-electron chi connectivity index (χ3n) is 2.07. The van der Waals surface area contributed by atoms with Crippen molar-refractivity contribution in [1.82, 2.24) is 5.32 Å². The first kappa shape index (κ1) is 9.92. The number of aliphatic hydroxyl groups excluding tert-OH is 1. The Morgan fingerprint density at radius 2 is 2.42 bits per heavy atom. The Morgan fingerprint density at radius 1 is 1.58 bits per heavy atom. The molecule has 1 rings (SSSR count). The van der Waals surface area contributed by atoms with E-state index in [9.17, 15) is 0 Å². The fourth-order valence-corrected chi connectivity index (χ4v) is 1.25. The third kappa shape index (κ3) is 3.06. The predicted octanol–water partition coefficient (Wildman–Crippen LogP) is -0.628. The molecule has 0 aromatic heterocycles. The van der Waals surface area contributed by atoms with E-state index < -0.39 is 0 Å². The fourth-order valence-electron chi connectivity index (χ4n) is 1.25. The number of rotatable bonds is 2. The van der Waals surface area contributed by atoms with Crippen LogP contribution in [-0.2, 0) is 9.47 Å². The monoisotopic (exact) mass is 175 g/mol. The number of hydrogen-bond donors (Lipinski definition) is 2. The highest BCUT2D eigenvalue weighted by Crippen LogP contribution is 2.02. The number of methoxy groups -OCH3 is 1. The minimum Gasteiger partial charge on any atom is -0.394 e. The van der Waals surface area contributed by atoms with E-state index in [1.807, 2.05) is 0 Å². The average molecular weight is 175 g/mol. The summed E-state index contributed by atoms with van der Waals surface area (Å²) in [5.41, 5.74) is 0. The SMILES string of the molecule is CO[C@@H]1CCO[C@H](CO)CNC1. The summed E-state index contributed by atoms with van der Waals surface area (Å²) in [5.74, 6) is 0. The van der Waals surface area contributed by atoms with Gasteiger partial charge in [0.2, 0.25) is 0 Å². The van der Waals surface area contributed by atoms with Crippen molar-refractivity contribution in [3.05, 3.63) is 0 Å². The fraction of sp³-hybridized carbons (Fsp3) is 1.00. The van der Waals surface area contributed by atoms with Crippen molar-refractivity contribution in [2.24, 2.45) is 0 Å². The Hall–Kier alpha value is -0.160. The van der Waals surface area contributed by atoms with Crippen LogP contribution in [-0.4, -0.2) is 50.7 Å². The van der Waals surface area contributed by atoms with Crippen LogP contribution >= 0.6 is 0 Å². The number of ether oxygens (including phenoxy) is 2. The molecule has 2 atom stereocenters.